The number of carbonyl (C=O) groups is 1. The van der Waals surface area contributed by atoms with Crippen LogP contribution in [0.15, 0.2) is 0 Å². The summed E-state index contributed by atoms with van der Waals surface area (Å²) in [6.45, 7) is 2.98. The molecule has 0 aromatic heterocycles. The molecule has 4 bridgehead atoms. The van der Waals surface area contributed by atoms with E-state index in [1.807, 2.05) is 14.0 Å². The van der Waals surface area contributed by atoms with Crippen LogP contribution in [0.3, 0.4) is 0 Å². The molecule has 1 atom stereocenters. The first-order valence-electron chi connectivity index (χ1n) is 7.94. The van der Waals surface area contributed by atoms with Gasteiger partial charge in [0.05, 0.1) is 0 Å². The fourth-order valence-electron chi connectivity index (χ4n) is 5.80. The van der Waals surface area contributed by atoms with Crippen molar-refractivity contribution in [1.82, 2.24) is 4.90 Å². The summed E-state index contributed by atoms with van der Waals surface area (Å²) in [7, 11) is 2.01. The third-order valence-corrected chi connectivity index (χ3v) is 5.95. The predicted molar refractivity (Wildman–Crippen MR) is 74.9 cm³/mol. The van der Waals surface area contributed by atoms with Crippen LogP contribution in [0.2, 0.25) is 0 Å². The molecule has 4 rings (SSSR count). The van der Waals surface area contributed by atoms with E-state index in [1.165, 1.54) is 38.5 Å². The summed E-state index contributed by atoms with van der Waals surface area (Å²) in [4.78, 5) is 13.4. The Morgan fingerprint density at radius 1 is 1.21 bits per heavy atom. The van der Waals surface area contributed by atoms with Gasteiger partial charge in [-0.2, -0.15) is 0 Å². The van der Waals surface area contributed by atoms with E-state index in [1.54, 1.807) is 0 Å². The highest BCUT2D eigenvalue weighted by Crippen LogP contribution is 2.60. The van der Waals surface area contributed by atoms with Crippen LogP contribution in [0.5, 0.6) is 0 Å². The van der Waals surface area contributed by atoms with Crippen LogP contribution in [0.25, 0.3) is 0 Å². The van der Waals surface area contributed by atoms with Gasteiger partial charge in [0.2, 0.25) is 0 Å². The lowest BCUT2D eigenvalue weighted by Crippen LogP contribution is -2.53. The second-order valence-electron chi connectivity index (χ2n) is 7.59. The number of rotatable bonds is 5. The van der Waals surface area contributed by atoms with Crippen molar-refractivity contribution in [2.75, 3.05) is 13.6 Å². The van der Waals surface area contributed by atoms with E-state index in [0.717, 1.165) is 24.3 Å². The maximum Gasteiger partial charge on any atom is 0.320 e. The van der Waals surface area contributed by atoms with Crippen LogP contribution in [0.4, 0.5) is 0 Å². The van der Waals surface area contributed by atoms with Gasteiger partial charge >= 0.3 is 5.97 Å². The summed E-state index contributed by atoms with van der Waals surface area (Å²) in [5, 5.41) is 9.31. The summed E-state index contributed by atoms with van der Waals surface area (Å²) in [5.41, 5.74) is 0.451. The molecule has 3 nitrogen and oxygen atoms in total. The number of nitrogens with zero attached hydrogens (tertiary/aromatic N) is 1. The highest BCUT2D eigenvalue weighted by atomic mass is 16.4. The Balaban J connectivity index is 1.70. The summed E-state index contributed by atoms with van der Waals surface area (Å²) in [6.07, 6.45) is 9.16. The van der Waals surface area contributed by atoms with Crippen molar-refractivity contribution in [3.8, 4) is 0 Å². The van der Waals surface area contributed by atoms with Crippen molar-refractivity contribution in [3.05, 3.63) is 0 Å². The fraction of sp³-hybridized carbons (Fsp3) is 0.938. The van der Waals surface area contributed by atoms with Gasteiger partial charge in [0.25, 0.3) is 0 Å². The molecular weight excluding hydrogens is 238 g/mol. The molecule has 0 spiro atoms. The molecule has 0 aliphatic heterocycles. The second kappa shape index (κ2) is 4.76. The Labute approximate surface area is 116 Å². The maximum atomic E-state index is 11.3. The topological polar surface area (TPSA) is 40.5 Å². The van der Waals surface area contributed by atoms with E-state index in [2.05, 4.69) is 4.90 Å². The van der Waals surface area contributed by atoms with Crippen molar-refractivity contribution in [2.24, 2.45) is 23.2 Å². The third kappa shape index (κ3) is 2.42. The van der Waals surface area contributed by atoms with Crippen molar-refractivity contribution < 1.29 is 9.90 Å². The predicted octanol–water partition coefficient (Wildman–Crippen LogP) is 3.00. The smallest absolute Gasteiger partial charge is 0.320 e. The molecule has 19 heavy (non-hydrogen) atoms. The van der Waals surface area contributed by atoms with Crippen LogP contribution in [0, 0.1) is 23.2 Å². The molecule has 4 saturated carbocycles. The van der Waals surface area contributed by atoms with Gasteiger partial charge in [0.1, 0.15) is 6.04 Å². The van der Waals surface area contributed by atoms with E-state index >= 15 is 0 Å². The van der Waals surface area contributed by atoms with Gasteiger partial charge in [0.15, 0.2) is 0 Å². The monoisotopic (exact) mass is 265 g/mol. The molecule has 0 radical (unpaired) electrons. The van der Waals surface area contributed by atoms with Gasteiger partial charge in [-0.05, 0) is 75.2 Å². The molecule has 0 aromatic carbocycles. The zero-order valence-corrected chi connectivity index (χ0v) is 12.3. The number of carboxylic acids is 1. The summed E-state index contributed by atoms with van der Waals surface area (Å²) in [6, 6.07) is -0.298. The standard InChI is InChI=1S/C16H27NO2/c1-3-14(15(18)19)17(2)10-16-7-11-4-12(8-16)6-13(5-11)9-16/h11-14H,3-10H2,1-2H3,(H,18,19). The first-order chi connectivity index (χ1) is 9.01. The molecule has 0 amide bonds. The zero-order valence-electron chi connectivity index (χ0n) is 12.3. The summed E-state index contributed by atoms with van der Waals surface area (Å²) in [5.74, 6) is 2.19. The van der Waals surface area contributed by atoms with Crippen LogP contribution in [-0.4, -0.2) is 35.6 Å². The van der Waals surface area contributed by atoms with Gasteiger partial charge in [-0.25, -0.2) is 0 Å². The van der Waals surface area contributed by atoms with Crippen LogP contribution in [0.1, 0.15) is 51.9 Å². The van der Waals surface area contributed by atoms with E-state index < -0.39 is 5.97 Å². The summed E-state index contributed by atoms with van der Waals surface area (Å²) < 4.78 is 0. The van der Waals surface area contributed by atoms with E-state index in [9.17, 15) is 9.90 Å². The fourth-order valence-corrected chi connectivity index (χ4v) is 5.80. The molecule has 4 fully saturated rings. The van der Waals surface area contributed by atoms with Gasteiger partial charge in [-0.15, -0.1) is 0 Å². The minimum atomic E-state index is -0.658. The Morgan fingerprint density at radius 3 is 2.05 bits per heavy atom. The Bertz CT molecular complexity index is 330. The van der Waals surface area contributed by atoms with Crippen molar-refractivity contribution in [1.29, 1.82) is 0 Å². The highest BCUT2D eigenvalue weighted by Gasteiger charge is 2.51. The lowest BCUT2D eigenvalue weighted by atomic mass is 9.49. The first kappa shape index (κ1) is 13.4. The van der Waals surface area contributed by atoms with Gasteiger partial charge in [-0.3, -0.25) is 9.69 Å². The van der Waals surface area contributed by atoms with Crippen LogP contribution in [-0.2, 0) is 4.79 Å². The average molecular weight is 265 g/mol. The minimum absolute atomic E-state index is 0.298. The first-order valence-corrected chi connectivity index (χ1v) is 7.94. The highest BCUT2D eigenvalue weighted by molar-refractivity contribution is 5.73. The molecule has 0 heterocycles. The molecule has 4 aliphatic carbocycles. The van der Waals surface area contributed by atoms with Crippen molar-refractivity contribution in [2.45, 2.75) is 57.9 Å². The second-order valence-corrected chi connectivity index (χ2v) is 7.59. The lowest BCUT2D eigenvalue weighted by Gasteiger charge is -2.58. The minimum Gasteiger partial charge on any atom is -0.480 e. The molecule has 1 unspecified atom stereocenters. The number of carboxylic acid groups (broad SMARTS) is 1. The third-order valence-electron chi connectivity index (χ3n) is 5.95. The zero-order chi connectivity index (χ0) is 13.6. The molecule has 4 aliphatic rings. The molecule has 0 aromatic rings. The lowest BCUT2D eigenvalue weighted by molar-refractivity contribution is -0.144. The van der Waals surface area contributed by atoms with E-state index in [-0.39, 0.29) is 6.04 Å². The molecule has 0 saturated heterocycles. The Morgan fingerprint density at radius 2 is 1.68 bits per heavy atom. The van der Waals surface area contributed by atoms with Crippen LogP contribution < -0.4 is 0 Å². The Kier molecular flexibility index (Phi) is 3.36. The van der Waals surface area contributed by atoms with Gasteiger partial charge < -0.3 is 5.11 Å². The normalized spacial score (nSPS) is 41.7. The van der Waals surface area contributed by atoms with Crippen molar-refractivity contribution in [3.63, 3.8) is 0 Å². The molecule has 3 heteroatoms. The molecule has 108 valence electrons. The summed E-state index contributed by atoms with van der Waals surface area (Å²) >= 11 is 0. The molecular formula is C16H27NO2. The quantitative estimate of drug-likeness (QED) is 0.830. The Hall–Kier alpha value is -0.570. The van der Waals surface area contributed by atoms with Crippen LogP contribution >= 0.6 is 0 Å². The largest absolute Gasteiger partial charge is 0.480 e. The van der Waals surface area contributed by atoms with Crippen molar-refractivity contribution >= 4 is 5.97 Å². The average Bonchev–Trinajstić information content (AvgIpc) is 2.25. The maximum absolute atomic E-state index is 11.3. The van der Waals surface area contributed by atoms with E-state index in [4.69, 9.17) is 0 Å². The molecule has 1 N–H and O–H groups in total. The number of hydrogen-bond acceptors (Lipinski definition) is 2. The van der Waals surface area contributed by atoms with Gasteiger partial charge in [0, 0.05) is 6.54 Å². The SMILES string of the molecule is CCC(C(=O)O)N(C)CC12CC3CC(CC(C3)C1)C2. The number of hydrogen-bond donors (Lipinski definition) is 1. The van der Waals surface area contributed by atoms with Gasteiger partial charge in [-0.1, -0.05) is 6.92 Å². The number of aliphatic carboxylic acids is 1. The van der Waals surface area contributed by atoms with E-state index in [0.29, 0.717) is 11.8 Å². The number of likely N-dealkylation sites (N-methyl/N-ethyl adjacent to an activating group) is 1.